The molecule has 1 N–H and O–H groups in total. The molecule has 0 radical (unpaired) electrons. The van der Waals surface area contributed by atoms with Crippen LogP contribution in [0.2, 0.25) is 0 Å². The number of piperidine rings is 1. The van der Waals surface area contributed by atoms with Crippen LogP contribution in [0.25, 0.3) is 0 Å². The summed E-state index contributed by atoms with van der Waals surface area (Å²) in [6.07, 6.45) is 1.73. The molecule has 17 heavy (non-hydrogen) atoms. The van der Waals surface area contributed by atoms with Gasteiger partial charge in [-0.1, -0.05) is 0 Å². The van der Waals surface area contributed by atoms with Crippen molar-refractivity contribution in [3.8, 4) is 0 Å². The maximum absolute atomic E-state index is 11.6. The third kappa shape index (κ3) is 5.39. The summed E-state index contributed by atoms with van der Waals surface area (Å²) in [5.41, 5.74) is -0.414. The molecule has 0 aromatic heterocycles. The van der Waals surface area contributed by atoms with Crippen LogP contribution in [-0.2, 0) is 4.74 Å². The molecule has 1 fully saturated rings. The Balaban J connectivity index is 0.00000289. The Kier molecular flexibility index (Phi) is 4.80. The average molecular weight is 244 g/mol. The number of nitrogens with one attached hydrogen (secondary N) is 1. The summed E-state index contributed by atoms with van der Waals surface area (Å²) in [5.74, 6) is 0. The summed E-state index contributed by atoms with van der Waals surface area (Å²) in [4.78, 5) is 14.0. The summed E-state index contributed by atoms with van der Waals surface area (Å²) in [5, 5.41) is 2.95. The highest BCUT2D eigenvalue weighted by atomic mass is 16.6. The topological polar surface area (TPSA) is 41.6 Å². The number of ether oxygens (including phenoxy) is 1. The molecule has 0 spiro atoms. The lowest BCUT2D eigenvalue weighted by Crippen LogP contribution is -2.47. The standard InChI is InChI=1S/C13H26N2O2.H2/c1-10(2)15-8-6-11(7-9-15)14-12(16)17-13(3,4)5;/h10-11H,6-9H2,1-5H3,(H,14,16);1H. The van der Waals surface area contributed by atoms with E-state index >= 15 is 0 Å². The molecule has 0 aliphatic carbocycles. The minimum absolute atomic E-state index is 0. The first-order chi connectivity index (χ1) is 7.78. The maximum atomic E-state index is 11.6. The Morgan fingerprint density at radius 1 is 1.35 bits per heavy atom. The van der Waals surface area contributed by atoms with Gasteiger partial charge in [0.05, 0.1) is 0 Å². The monoisotopic (exact) mass is 244 g/mol. The van der Waals surface area contributed by atoms with Crippen LogP contribution in [0.1, 0.15) is 48.9 Å². The van der Waals surface area contributed by atoms with E-state index in [9.17, 15) is 4.79 Å². The predicted molar refractivity (Wildman–Crippen MR) is 71.2 cm³/mol. The van der Waals surface area contributed by atoms with Gasteiger partial charge in [-0.15, -0.1) is 0 Å². The number of nitrogens with zero attached hydrogens (tertiary/aromatic N) is 1. The molecule has 0 aromatic carbocycles. The average Bonchev–Trinajstić information content (AvgIpc) is 2.15. The van der Waals surface area contributed by atoms with Crippen molar-refractivity contribution >= 4 is 6.09 Å². The van der Waals surface area contributed by atoms with E-state index in [4.69, 9.17) is 4.74 Å². The molecule has 1 amide bonds. The predicted octanol–water partition coefficient (Wildman–Crippen LogP) is 2.63. The van der Waals surface area contributed by atoms with Crippen LogP contribution in [0, 0.1) is 0 Å². The van der Waals surface area contributed by atoms with Crippen LogP contribution in [0.15, 0.2) is 0 Å². The SMILES string of the molecule is CC(C)N1CCC(NC(=O)OC(C)(C)C)CC1.[HH]. The van der Waals surface area contributed by atoms with E-state index in [1.165, 1.54) is 0 Å². The molecule has 1 rings (SSSR count). The number of carbonyl (C=O) groups is 1. The number of rotatable bonds is 2. The van der Waals surface area contributed by atoms with Crippen molar-refractivity contribution in [2.24, 2.45) is 0 Å². The Morgan fingerprint density at radius 3 is 2.29 bits per heavy atom. The molecule has 1 aliphatic rings. The Morgan fingerprint density at radius 2 is 1.88 bits per heavy atom. The first-order valence-corrected chi connectivity index (χ1v) is 6.51. The highest BCUT2D eigenvalue weighted by Crippen LogP contribution is 2.14. The van der Waals surface area contributed by atoms with E-state index < -0.39 is 5.60 Å². The van der Waals surface area contributed by atoms with Crippen LogP contribution in [0.4, 0.5) is 4.79 Å². The van der Waals surface area contributed by atoms with Gasteiger partial charge in [-0.05, 0) is 47.5 Å². The van der Waals surface area contributed by atoms with E-state index in [-0.39, 0.29) is 13.6 Å². The largest absolute Gasteiger partial charge is 0.444 e. The molecule has 4 heteroatoms. The lowest BCUT2D eigenvalue weighted by Gasteiger charge is -2.35. The number of alkyl carbamates (subject to hydrolysis) is 1. The zero-order chi connectivity index (χ0) is 13.1. The van der Waals surface area contributed by atoms with Gasteiger partial charge < -0.3 is 15.0 Å². The van der Waals surface area contributed by atoms with Crippen molar-refractivity contribution < 1.29 is 11.0 Å². The van der Waals surface area contributed by atoms with Crippen molar-refractivity contribution in [3.63, 3.8) is 0 Å². The molecular weight excluding hydrogens is 216 g/mol. The first kappa shape index (κ1) is 14.3. The van der Waals surface area contributed by atoms with E-state index in [0.29, 0.717) is 6.04 Å². The highest BCUT2D eigenvalue weighted by molar-refractivity contribution is 5.68. The van der Waals surface area contributed by atoms with Crippen molar-refractivity contribution in [3.05, 3.63) is 0 Å². The van der Waals surface area contributed by atoms with Gasteiger partial charge in [0.1, 0.15) is 5.60 Å². The summed E-state index contributed by atoms with van der Waals surface area (Å²) in [6, 6.07) is 0.859. The quantitative estimate of drug-likeness (QED) is 0.812. The molecule has 0 saturated carbocycles. The van der Waals surface area contributed by atoms with Crippen LogP contribution in [0.3, 0.4) is 0 Å². The minimum Gasteiger partial charge on any atom is -0.444 e. The van der Waals surface area contributed by atoms with Crippen molar-refractivity contribution in [2.45, 2.75) is 65.1 Å². The van der Waals surface area contributed by atoms with Gasteiger partial charge in [0, 0.05) is 26.6 Å². The molecule has 0 bridgehead atoms. The van der Waals surface area contributed by atoms with Crippen LogP contribution in [-0.4, -0.2) is 41.8 Å². The van der Waals surface area contributed by atoms with E-state index in [0.717, 1.165) is 25.9 Å². The fraction of sp³-hybridized carbons (Fsp3) is 0.923. The van der Waals surface area contributed by atoms with Crippen LogP contribution >= 0.6 is 0 Å². The van der Waals surface area contributed by atoms with Gasteiger partial charge in [-0.3, -0.25) is 0 Å². The number of hydrogen-bond donors (Lipinski definition) is 1. The second-order valence-corrected chi connectivity index (χ2v) is 6.05. The zero-order valence-corrected chi connectivity index (χ0v) is 11.7. The lowest BCUT2D eigenvalue weighted by molar-refractivity contribution is 0.0473. The number of hydrogen-bond acceptors (Lipinski definition) is 3. The Labute approximate surface area is 106 Å². The third-order valence-corrected chi connectivity index (χ3v) is 2.98. The maximum Gasteiger partial charge on any atom is 0.407 e. The normalized spacial score (nSPS) is 19.4. The molecular formula is C13H28N2O2. The van der Waals surface area contributed by atoms with E-state index in [2.05, 4.69) is 24.1 Å². The van der Waals surface area contributed by atoms with Gasteiger partial charge in [0.15, 0.2) is 0 Å². The minimum atomic E-state index is -0.414. The van der Waals surface area contributed by atoms with Crippen LogP contribution in [0.5, 0.6) is 0 Å². The number of likely N-dealkylation sites (tertiary alicyclic amines) is 1. The van der Waals surface area contributed by atoms with Crippen molar-refractivity contribution in [1.29, 1.82) is 0 Å². The summed E-state index contributed by atoms with van der Waals surface area (Å²) in [7, 11) is 0. The summed E-state index contributed by atoms with van der Waals surface area (Å²) in [6.45, 7) is 12.2. The lowest BCUT2D eigenvalue weighted by atomic mass is 10.0. The molecule has 0 unspecified atom stereocenters. The van der Waals surface area contributed by atoms with Gasteiger partial charge in [0.2, 0.25) is 0 Å². The van der Waals surface area contributed by atoms with Gasteiger partial charge in [-0.25, -0.2) is 4.79 Å². The van der Waals surface area contributed by atoms with Gasteiger partial charge >= 0.3 is 6.09 Å². The Bertz CT molecular complexity index is 256. The Hall–Kier alpha value is -0.770. The number of carbonyl (C=O) groups excluding carboxylic acids is 1. The molecule has 1 saturated heterocycles. The van der Waals surface area contributed by atoms with Crippen molar-refractivity contribution in [2.75, 3.05) is 13.1 Å². The smallest absolute Gasteiger partial charge is 0.407 e. The first-order valence-electron chi connectivity index (χ1n) is 6.51. The fourth-order valence-corrected chi connectivity index (χ4v) is 2.03. The molecule has 0 aromatic rings. The third-order valence-electron chi connectivity index (χ3n) is 2.98. The fourth-order valence-electron chi connectivity index (χ4n) is 2.03. The summed E-state index contributed by atoms with van der Waals surface area (Å²) < 4.78 is 5.25. The molecule has 1 aliphatic heterocycles. The highest BCUT2D eigenvalue weighted by Gasteiger charge is 2.24. The van der Waals surface area contributed by atoms with Gasteiger partial charge in [-0.2, -0.15) is 0 Å². The molecule has 0 atom stereocenters. The second-order valence-electron chi connectivity index (χ2n) is 6.05. The van der Waals surface area contributed by atoms with Crippen LogP contribution < -0.4 is 5.32 Å². The molecule has 102 valence electrons. The van der Waals surface area contributed by atoms with Gasteiger partial charge in [0.25, 0.3) is 0 Å². The molecule has 4 nitrogen and oxygen atoms in total. The number of amides is 1. The van der Waals surface area contributed by atoms with E-state index in [1.807, 2.05) is 20.8 Å². The zero-order valence-electron chi connectivity index (χ0n) is 11.7. The van der Waals surface area contributed by atoms with Crippen molar-refractivity contribution in [1.82, 2.24) is 10.2 Å². The second kappa shape index (κ2) is 5.71. The molecule has 1 heterocycles. The summed E-state index contributed by atoms with van der Waals surface area (Å²) >= 11 is 0. The van der Waals surface area contributed by atoms with E-state index in [1.54, 1.807) is 0 Å².